The lowest BCUT2D eigenvalue weighted by molar-refractivity contribution is 0.662. The van der Waals surface area contributed by atoms with Gasteiger partial charge in [0.2, 0.25) is 0 Å². The van der Waals surface area contributed by atoms with E-state index in [1.54, 1.807) is 0 Å². The molecule has 0 spiro atoms. The number of nitrogens with zero attached hydrogens (tertiary/aromatic N) is 3. The molecule has 80 valence electrons. The molecule has 5 heteroatoms. The number of H-pyrrole nitrogens is 1. The Hall–Kier alpha value is -1.52. The Balaban J connectivity index is 2.20. The molecule has 0 radical (unpaired) electrons. The number of anilines is 1. The first-order valence-corrected chi connectivity index (χ1v) is 5.44. The molecule has 1 aliphatic carbocycles. The second-order valence-corrected chi connectivity index (χ2v) is 4.33. The lowest BCUT2D eigenvalue weighted by Crippen LogP contribution is -1.98. The van der Waals surface area contributed by atoms with Gasteiger partial charge < -0.3 is 5.73 Å². The van der Waals surface area contributed by atoms with Gasteiger partial charge in [0.25, 0.3) is 0 Å². The standard InChI is InChI=1S/C10H15N5/c1-15-10-7(9(11)12-13-10)8(14-15)6-4-2-3-5-6/h6H,2-5H2,1H3,(H3,11,12,13). The molecule has 0 atom stereocenters. The van der Waals surface area contributed by atoms with Crippen LogP contribution < -0.4 is 5.73 Å². The van der Waals surface area contributed by atoms with Crippen molar-refractivity contribution in [2.45, 2.75) is 31.6 Å². The van der Waals surface area contributed by atoms with Crippen LogP contribution in [-0.2, 0) is 7.05 Å². The molecule has 0 aliphatic heterocycles. The van der Waals surface area contributed by atoms with Crippen LogP contribution in [-0.4, -0.2) is 20.0 Å². The minimum absolute atomic E-state index is 0.577. The van der Waals surface area contributed by atoms with Gasteiger partial charge in [0.05, 0.1) is 11.1 Å². The minimum Gasteiger partial charge on any atom is -0.383 e. The Morgan fingerprint density at radius 3 is 2.87 bits per heavy atom. The van der Waals surface area contributed by atoms with Crippen molar-refractivity contribution in [3.8, 4) is 0 Å². The second-order valence-electron chi connectivity index (χ2n) is 4.33. The number of rotatable bonds is 1. The number of hydrogen-bond acceptors (Lipinski definition) is 3. The molecule has 15 heavy (non-hydrogen) atoms. The highest BCUT2D eigenvalue weighted by molar-refractivity contribution is 5.89. The Labute approximate surface area is 87.6 Å². The van der Waals surface area contributed by atoms with Crippen LogP contribution in [0.5, 0.6) is 0 Å². The van der Waals surface area contributed by atoms with Gasteiger partial charge in [-0.25, -0.2) is 4.68 Å². The largest absolute Gasteiger partial charge is 0.383 e. The first-order chi connectivity index (χ1) is 7.27. The fraction of sp³-hybridized carbons (Fsp3) is 0.600. The molecule has 5 nitrogen and oxygen atoms in total. The maximum Gasteiger partial charge on any atom is 0.181 e. The van der Waals surface area contributed by atoms with Crippen molar-refractivity contribution in [3.63, 3.8) is 0 Å². The summed E-state index contributed by atoms with van der Waals surface area (Å²) < 4.78 is 1.82. The molecule has 1 fully saturated rings. The molecule has 0 unspecified atom stereocenters. The van der Waals surface area contributed by atoms with Gasteiger partial charge in [-0.1, -0.05) is 12.8 Å². The summed E-state index contributed by atoms with van der Waals surface area (Å²) >= 11 is 0. The summed E-state index contributed by atoms with van der Waals surface area (Å²) in [5, 5.41) is 12.6. The molecule has 3 rings (SSSR count). The van der Waals surface area contributed by atoms with E-state index < -0.39 is 0 Å². The van der Waals surface area contributed by atoms with E-state index in [-0.39, 0.29) is 0 Å². The van der Waals surface area contributed by atoms with Crippen molar-refractivity contribution < 1.29 is 0 Å². The third-order valence-electron chi connectivity index (χ3n) is 3.34. The number of aromatic amines is 1. The van der Waals surface area contributed by atoms with Crippen LogP contribution in [0, 0.1) is 0 Å². The maximum absolute atomic E-state index is 5.89. The van der Waals surface area contributed by atoms with Gasteiger partial charge in [0.1, 0.15) is 5.82 Å². The monoisotopic (exact) mass is 205 g/mol. The van der Waals surface area contributed by atoms with Gasteiger partial charge in [0, 0.05) is 13.0 Å². The van der Waals surface area contributed by atoms with Crippen molar-refractivity contribution in [1.82, 2.24) is 20.0 Å². The first-order valence-electron chi connectivity index (χ1n) is 5.44. The SMILES string of the molecule is Cn1nc(C2CCCC2)c2c(N)[nH]nc21. The number of hydrogen-bond donors (Lipinski definition) is 2. The molecule has 1 saturated carbocycles. The highest BCUT2D eigenvalue weighted by Crippen LogP contribution is 2.37. The fourth-order valence-corrected chi connectivity index (χ4v) is 2.58. The van der Waals surface area contributed by atoms with Crippen molar-refractivity contribution in [1.29, 1.82) is 0 Å². The normalized spacial score (nSPS) is 17.9. The summed E-state index contributed by atoms with van der Waals surface area (Å²) in [6, 6.07) is 0. The van der Waals surface area contributed by atoms with Gasteiger partial charge in [0.15, 0.2) is 5.65 Å². The molecule has 3 N–H and O–H groups in total. The van der Waals surface area contributed by atoms with Crippen molar-refractivity contribution in [3.05, 3.63) is 5.69 Å². The van der Waals surface area contributed by atoms with Crippen LogP contribution >= 0.6 is 0 Å². The van der Waals surface area contributed by atoms with Crippen LogP contribution in [0.25, 0.3) is 11.0 Å². The van der Waals surface area contributed by atoms with Crippen LogP contribution in [0.3, 0.4) is 0 Å². The van der Waals surface area contributed by atoms with Crippen molar-refractivity contribution in [2.75, 3.05) is 5.73 Å². The highest BCUT2D eigenvalue weighted by atomic mass is 15.3. The molecule has 2 aromatic rings. The summed E-state index contributed by atoms with van der Waals surface area (Å²) in [6.45, 7) is 0. The average Bonchev–Trinajstić information content (AvgIpc) is 2.86. The zero-order chi connectivity index (χ0) is 10.4. The van der Waals surface area contributed by atoms with Gasteiger partial charge >= 0.3 is 0 Å². The smallest absolute Gasteiger partial charge is 0.181 e. The van der Waals surface area contributed by atoms with Gasteiger partial charge in [-0.05, 0) is 12.8 Å². The number of nitrogens with two attached hydrogens (primary N) is 1. The number of aryl methyl sites for hydroxylation is 1. The van der Waals surface area contributed by atoms with Gasteiger partial charge in [-0.15, -0.1) is 0 Å². The van der Waals surface area contributed by atoms with Crippen LogP contribution in [0.2, 0.25) is 0 Å². The van der Waals surface area contributed by atoms with E-state index in [4.69, 9.17) is 5.73 Å². The van der Waals surface area contributed by atoms with Crippen molar-refractivity contribution in [2.24, 2.45) is 7.05 Å². The fourth-order valence-electron chi connectivity index (χ4n) is 2.58. The van der Waals surface area contributed by atoms with E-state index >= 15 is 0 Å². The van der Waals surface area contributed by atoms with E-state index in [1.807, 2.05) is 11.7 Å². The van der Waals surface area contributed by atoms with Crippen LogP contribution in [0.4, 0.5) is 5.82 Å². The van der Waals surface area contributed by atoms with E-state index in [1.165, 1.54) is 25.7 Å². The summed E-state index contributed by atoms with van der Waals surface area (Å²) in [5.74, 6) is 1.23. The topological polar surface area (TPSA) is 72.5 Å². The average molecular weight is 205 g/mol. The minimum atomic E-state index is 0.577. The third-order valence-corrected chi connectivity index (χ3v) is 3.34. The number of fused-ring (bicyclic) bond motifs is 1. The molecule has 0 amide bonds. The van der Waals surface area contributed by atoms with E-state index in [9.17, 15) is 0 Å². The maximum atomic E-state index is 5.89. The zero-order valence-corrected chi connectivity index (χ0v) is 8.82. The lowest BCUT2D eigenvalue weighted by Gasteiger charge is -2.04. The zero-order valence-electron chi connectivity index (χ0n) is 8.82. The highest BCUT2D eigenvalue weighted by Gasteiger charge is 2.25. The lowest BCUT2D eigenvalue weighted by atomic mass is 10.0. The summed E-state index contributed by atoms with van der Waals surface area (Å²) in [6.07, 6.45) is 5.08. The molecule has 0 saturated heterocycles. The van der Waals surface area contributed by atoms with Crippen molar-refractivity contribution >= 4 is 16.9 Å². The predicted molar refractivity (Wildman–Crippen MR) is 58.5 cm³/mol. The number of nitrogens with one attached hydrogen (secondary N) is 1. The molecule has 2 heterocycles. The predicted octanol–water partition coefficient (Wildman–Crippen LogP) is 1.54. The molecule has 1 aliphatic rings. The number of aromatic nitrogens is 4. The van der Waals surface area contributed by atoms with Gasteiger partial charge in [-0.3, -0.25) is 5.10 Å². The Morgan fingerprint density at radius 1 is 1.40 bits per heavy atom. The Bertz CT molecular complexity index is 489. The summed E-state index contributed by atoms with van der Waals surface area (Å²) in [4.78, 5) is 0. The quantitative estimate of drug-likeness (QED) is 0.741. The Morgan fingerprint density at radius 2 is 2.13 bits per heavy atom. The summed E-state index contributed by atoms with van der Waals surface area (Å²) in [7, 11) is 1.92. The van der Waals surface area contributed by atoms with Crippen LogP contribution in [0.15, 0.2) is 0 Å². The third kappa shape index (κ3) is 1.15. The Kier molecular flexibility index (Phi) is 1.74. The summed E-state index contributed by atoms with van der Waals surface area (Å²) in [5.41, 5.74) is 7.89. The van der Waals surface area contributed by atoms with Gasteiger partial charge in [-0.2, -0.15) is 10.2 Å². The molecular weight excluding hydrogens is 190 g/mol. The van der Waals surface area contributed by atoms with E-state index in [0.29, 0.717) is 11.7 Å². The molecule has 0 bridgehead atoms. The molecule has 2 aromatic heterocycles. The molecule has 0 aromatic carbocycles. The van der Waals surface area contributed by atoms with E-state index in [0.717, 1.165) is 16.7 Å². The van der Waals surface area contributed by atoms with Crippen LogP contribution in [0.1, 0.15) is 37.3 Å². The van der Waals surface area contributed by atoms with E-state index in [2.05, 4.69) is 15.3 Å². The second kappa shape index (κ2) is 2.98. The number of nitrogen functional groups attached to an aromatic ring is 1. The first kappa shape index (κ1) is 8.76. The molecular formula is C10H15N5.